The zero-order chi connectivity index (χ0) is 46.3. The molecule has 0 aromatic heterocycles. The van der Waals surface area contributed by atoms with Crippen molar-refractivity contribution in [2.75, 3.05) is 0 Å². The number of hydrogen-bond acceptors (Lipinski definition) is 20. The van der Waals surface area contributed by atoms with Gasteiger partial charge in [-0.3, -0.25) is 9.59 Å². The lowest BCUT2D eigenvalue weighted by atomic mass is 9.95. The van der Waals surface area contributed by atoms with Crippen LogP contribution in [0.5, 0.6) is 0 Å². The van der Waals surface area contributed by atoms with Crippen LogP contribution in [0, 0.1) is 5.92 Å². The molecule has 0 radical (unpaired) electrons. The Bertz CT molecular complexity index is 1410. The van der Waals surface area contributed by atoms with Crippen LogP contribution in [-0.4, -0.2) is 188 Å². The minimum atomic E-state index is -1.87. The molecule has 0 aromatic rings. The summed E-state index contributed by atoms with van der Waals surface area (Å²) in [7, 11) is 0. The molecule has 0 amide bonds. The second-order valence-corrected chi connectivity index (χ2v) is 18.0. The number of fused-ring (bicyclic) bond motifs is 4. The molecule has 23 atom stereocenters. The largest absolute Gasteiger partial charge is 0.455 e. The standard InChI is InChI=1S/C43H74O20/c1-8-16-25-17-14-12-10-9-11-13-15-18-26(45)59-37-34(60-39(53)19(2)20(3)44)29(48)23(6)56-42(37)61-35-30(49)24(7)57-43(62-36-32(51)28(47)22(5)55-41(36)58-25)38(35)63-40-33(52)31(50)27(46)21(4)54-40/h19-25,27-38,40-44,46-52H,8-18H2,1-7H3/t19-,20-,21+,22-,23-,24-,25+,27+,28-,29-,30-,31-,32+,33-,34+,35+,36-,37-,38-,40+,41+,42+,43+/m1/s1. The number of carbonyl (C=O) groups is 2. The summed E-state index contributed by atoms with van der Waals surface area (Å²) in [6.45, 7) is 10.8. The van der Waals surface area contributed by atoms with Gasteiger partial charge < -0.3 is 88.2 Å². The Hall–Kier alpha value is -1.70. The van der Waals surface area contributed by atoms with Crippen LogP contribution in [0.2, 0.25) is 0 Å². The van der Waals surface area contributed by atoms with E-state index in [0.717, 1.165) is 44.9 Å². The van der Waals surface area contributed by atoms with E-state index in [9.17, 15) is 50.4 Å². The summed E-state index contributed by atoms with van der Waals surface area (Å²) in [5.41, 5.74) is 0. The first-order valence-electron chi connectivity index (χ1n) is 22.9. The molecule has 63 heavy (non-hydrogen) atoms. The number of esters is 2. The molecule has 5 heterocycles. The molecule has 5 fully saturated rings. The van der Waals surface area contributed by atoms with Crippen LogP contribution in [0.1, 0.15) is 119 Å². The van der Waals surface area contributed by atoms with E-state index >= 15 is 0 Å². The van der Waals surface area contributed by atoms with Gasteiger partial charge in [-0.1, -0.05) is 51.9 Å². The molecule has 20 nitrogen and oxygen atoms in total. The van der Waals surface area contributed by atoms with Crippen molar-refractivity contribution in [3.05, 3.63) is 0 Å². The van der Waals surface area contributed by atoms with Crippen LogP contribution in [0.15, 0.2) is 0 Å². The van der Waals surface area contributed by atoms with Gasteiger partial charge in [0.2, 0.25) is 0 Å². The number of carbonyl (C=O) groups excluding carboxylic acids is 2. The average Bonchev–Trinajstić information content (AvgIpc) is 3.23. The molecule has 5 aliphatic rings. The predicted octanol–water partition coefficient (Wildman–Crippen LogP) is 0.198. The Morgan fingerprint density at radius 3 is 1.79 bits per heavy atom. The monoisotopic (exact) mass is 910 g/mol. The quantitative estimate of drug-likeness (QED) is 0.158. The fourth-order valence-corrected chi connectivity index (χ4v) is 8.56. The third-order valence-corrected chi connectivity index (χ3v) is 12.9. The lowest BCUT2D eigenvalue weighted by Gasteiger charge is -2.50. The third-order valence-electron chi connectivity index (χ3n) is 12.9. The van der Waals surface area contributed by atoms with Gasteiger partial charge in [-0.05, 0) is 60.8 Å². The summed E-state index contributed by atoms with van der Waals surface area (Å²) in [4.78, 5) is 26.9. The van der Waals surface area contributed by atoms with Crippen molar-refractivity contribution in [2.45, 2.75) is 254 Å². The molecule has 8 N–H and O–H groups in total. The first kappa shape index (κ1) is 52.3. The van der Waals surface area contributed by atoms with Gasteiger partial charge in [0.05, 0.1) is 42.5 Å². The first-order valence-corrected chi connectivity index (χ1v) is 22.9. The number of aliphatic hydroxyl groups excluding tert-OH is 8. The minimum absolute atomic E-state index is 0.0328. The second-order valence-electron chi connectivity index (χ2n) is 18.0. The van der Waals surface area contributed by atoms with Crippen molar-refractivity contribution < 1.29 is 97.8 Å². The van der Waals surface area contributed by atoms with Crippen LogP contribution < -0.4 is 0 Å². The number of ether oxygens (including phenoxy) is 10. The van der Waals surface area contributed by atoms with Crippen LogP contribution in [0.25, 0.3) is 0 Å². The van der Waals surface area contributed by atoms with E-state index in [0.29, 0.717) is 19.3 Å². The van der Waals surface area contributed by atoms with Gasteiger partial charge >= 0.3 is 11.9 Å². The lowest BCUT2D eigenvalue weighted by Crippen LogP contribution is -2.68. The van der Waals surface area contributed by atoms with E-state index in [2.05, 4.69) is 0 Å². The Morgan fingerprint density at radius 2 is 1.14 bits per heavy atom. The maximum atomic E-state index is 13.6. The van der Waals surface area contributed by atoms with Crippen LogP contribution in [0.4, 0.5) is 0 Å². The van der Waals surface area contributed by atoms with Gasteiger partial charge in [0.15, 0.2) is 37.4 Å². The molecule has 2 bridgehead atoms. The molecule has 0 unspecified atom stereocenters. The summed E-state index contributed by atoms with van der Waals surface area (Å²) in [6, 6.07) is 0. The van der Waals surface area contributed by atoms with E-state index < -0.39 is 147 Å². The highest BCUT2D eigenvalue weighted by Crippen LogP contribution is 2.38. The summed E-state index contributed by atoms with van der Waals surface area (Å²) in [5, 5.41) is 88.5. The van der Waals surface area contributed by atoms with E-state index in [1.54, 1.807) is 6.92 Å². The summed E-state index contributed by atoms with van der Waals surface area (Å²) >= 11 is 0. The molecule has 0 saturated carbocycles. The van der Waals surface area contributed by atoms with Crippen molar-refractivity contribution in [3.8, 4) is 0 Å². The molecule has 5 saturated heterocycles. The Morgan fingerprint density at radius 1 is 0.603 bits per heavy atom. The smallest absolute Gasteiger partial charge is 0.311 e. The van der Waals surface area contributed by atoms with Gasteiger partial charge in [-0.15, -0.1) is 0 Å². The number of aliphatic hydroxyl groups is 8. The molecule has 20 heteroatoms. The molecule has 5 aliphatic heterocycles. The molecular weight excluding hydrogens is 836 g/mol. The molecule has 0 spiro atoms. The van der Waals surface area contributed by atoms with Gasteiger partial charge in [0.25, 0.3) is 0 Å². The zero-order valence-electron chi connectivity index (χ0n) is 37.5. The van der Waals surface area contributed by atoms with Crippen molar-refractivity contribution in [3.63, 3.8) is 0 Å². The molecule has 5 rings (SSSR count). The highest BCUT2D eigenvalue weighted by atomic mass is 16.8. The molecule has 0 aliphatic carbocycles. The molecular formula is C43H74O20. The average molecular weight is 911 g/mol. The zero-order valence-corrected chi connectivity index (χ0v) is 37.5. The number of hydrogen-bond donors (Lipinski definition) is 8. The number of rotatable bonds is 7. The summed E-state index contributed by atoms with van der Waals surface area (Å²) in [5.74, 6) is -2.68. The van der Waals surface area contributed by atoms with Crippen LogP contribution >= 0.6 is 0 Å². The minimum Gasteiger partial charge on any atom is -0.455 e. The molecule has 0 aromatic carbocycles. The summed E-state index contributed by atoms with van der Waals surface area (Å²) in [6.07, 6.45) is -23.7. The van der Waals surface area contributed by atoms with Crippen LogP contribution in [0.3, 0.4) is 0 Å². The van der Waals surface area contributed by atoms with Crippen molar-refractivity contribution >= 4 is 11.9 Å². The first-order chi connectivity index (χ1) is 29.8. The molecule has 366 valence electrons. The van der Waals surface area contributed by atoms with Crippen molar-refractivity contribution in [1.29, 1.82) is 0 Å². The summed E-state index contributed by atoms with van der Waals surface area (Å²) < 4.78 is 61.7. The Kier molecular flexibility index (Phi) is 19.8. The second kappa shape index (κ2) is 23.8. The van der Waals surface area contributed by atoms with E-state index in [4.69, 9.17) is 47.4 Å². The Balaban J connectivity index is 1.58. The van der Waals surface area contributed by atoms with Gasteiger partial charge in [-0.2, -0.15) is 0 Å². The maximum Gasteiger partial charge on any atom is 0.311 e. The van der Waals surface area contributed by atoms with Crippen molar-refractivity contribution in [2.24, 2.45) is 5.92 Å². The SMILES string of the molecule is CCC[C@H]1CCCCCCCCCC(=O)O[C@H]2[C@H](O[C@H]3[C@H](O)[C@@H](C)O[C@@H](O[C@H]4[C@H](O1)O[C@H](C)[C@@H](O)[C@@H]4O)[C@@H]3O[C@@H]1O[C@@H](C)[C@H](O)[C@@H](O)[C@H]1O)O[C@H](C)[C@@H](O)[C@@H]2OC(=O)[C@H](C)[C@@H](C)O. The van der Waals surface area contributed by atoms with Gasteiger partial charge in [0, 0.05) is 6.42 Å². The maximum absolute atomic E-state index is 13.6. The van der Waals surface area contributed by atoms with Crippen molar-refractivity contribution in [1.82, 2.24) is 0 Å². The third kappa shape index (κ3) is 13.1. The highest BCUT2D eigenvalue weighted by molar-refractivity contribution is 5.73. The predicted molar refractivity (Wildman–Crippen MR) is 216 cm³/mol. The lowest BCUT2D eigenvalue weighted by molar-refractivity contribution is -0.406. The van der Waals surface area contributed by atoms with E-state index in [1.165, 1.54) is 34.6 Å². The normalized spacial score (nSPS) is 46.4. The topological polar surface area (TPSA) is 288 Å². The van der Waals surface area contributed by atoms with Gasteiger partial charge in [0.1, 0.15) is 61.0 Å². The fourth-order valence-electron chi connectivity index (χ4n) is 8.56. The van der Waals surface area contributed by atoms with E-state index in [1.807, 2.05) is 6.92 Å². The van der Waals surface area contributed by atoms with Gasteiger partial charge in [-0.25, -0.2) is 0 Å². The van der Waals surface area contributed by atoms with E-state index in [-0.39, 0.29) is 12.5 Å². The highest BCUT2D eigenvalue weighted by Gasteiger charge is 2.57. The Labute approximate surface area is 369 Å². The fraction of sp³-hybridized carbons (Fsp3) is 0.953. The van der Waals surface area contributed by atoms with Crippen LogP contribution in [-0.2, 0) is 57.0 Å².